The third kappa shape index (κ3) is 7.95. The molecule has 0 saturated heterocycles. The fourth-order valence-electron chi connectivity index (χ4n) is 3.55. The lowest BCUT2D eigenvalue weighted by Gasteiger charge is -2.21. The SMILES string of the molecule is CC.COC(CCCN(C)C(=O)c1n[nH]c(Cc2ccc(F)c(Cl)c2)n1)c1c(NC=O)ccc(Cl)c1F. The van der Waals surface area contributed by atoms with Gasteiger partial charge in [0, 0.05) is 38.4 Å². The van der Waals surface area contributed by atoms with Crippen molar-refractivity contribution in [2.75, 3.05) is 26.0 Å². The van der Waals surface area contributed by atoms with Crippen molar-refractivity contribution in [3.8, 4) is 0 Å². The van der Waals surface area contributed by atoms with E-state index in [9.17, 15) is 18.4 Å². The van der Waals surface area contributed by atoms with E-state index < -0.39 is 23.6 Å². The molecule has 0 spiro atoms. The standard InChI is InChI=1S/C23H23Cl2F2N5O3.C2H6/c1-32(9-3-4-18(35-2)20-17(28-12-33)8-6-14(24)21(20)27)23(34)22-29-19(30-31-22)11-13-5-7-16(26)15(25)10-13;1-2/h5-8,10,12,18H,3-4,9,11H2,1-2H3,(H,28,33)(H,29,30,31);1-2H3. The van der Waals surface area contributed by atoms with E-state index in [2.05, 4.69) is 20.5 Å². The molecule has 2 N–H and O–H groups in total. The third-order valence-corrected chi connectivity index (χ3v) is 5.92. The second-order valence-corrected chi connectivity index (χ2v) is 8.52. The highest BCUT2D eigenvalue weighted by atomic mass is 35.5. The van der Waals surface area contributed by atoms with Gasteiger partial charge in [-0.1, -0.05) is 43.1 Å². The zero-order valence-corrected chi connectivity index (χ0v) is 22.5. The Hall–Kier alpha value is -3.08. The highest BCUT2D eigenvalue weighted by Gasteiger charge is 2.23. The fraction of sp³-hybridized carbons (Fsp3) is 0.360. The van der Waals surface area contributed by atoms with Crippen LogP contribution in [0.4, 0.5) is 14.5 Å². The molecule has 200 valence electrons. The van der Waals surface area contributed by atoms with Crippen LogP contribution in [0, 0.1) is 11.6 Å². The summed E-state index contributed by atoms with van der Waals surface area (Å²) in [7, 11) is 3.02. The molecule has 1 aromatic heterocycles. The Morgan fingerprint density at radius 2 is 1.95 bits per heavy atom. The Kier molecular flexibility index (Phi) is 11.9. The van der Waals surface area contributed by atoms with Gasteiger partial charge >= 0.3 is 0 Å². The first kappa shape index (κ1) is 30.1. The van der Waals surface area contributed by atoms with Crippen LogP contribution in [-0.2, 0) is 16.0 Å². The van der Waals surface area contributed by atoms with Crippen molar-refractivity contribution in [3.05, 3.63) is 74.8 Å². The maximum Gasteiger partial charge on any atom is 0.293 e. The molecule has 0 bridgehead atoms. The van der Waals surface area contributed by atoms with Gasteiger partial charge < -0.3 is 15.0 Å². The van der Waals surface area contributed by atoms with Gasteiger partial charge in [-0.25, -0.2) is 13.8 Å². The van der Waals surface area contributed by atoms with Gasteiger partial charge in [0.25, 0.3) is 5.91 Å². The molecule has 8 nitrogen and oxygen atoms in total. The van der Waals surface area contributed by atoms with E-state index in [1.807, 2.05) is 13.8 Å². The van der Waals surface area contributed by atoms with Crippen LogP contribution in [0.2, 0.25) is 10.0 Å². The van der Waals surface area contributed by atoms with Gasteiger partial charge in [0.1, 0.15) is 17.5 Å². The number of carbonyl (C=O) groups excluding carboxylic acids is 2. The number of nitrogens with zero attached hydrogens (tertiary/aromatic N) is 3. The lowest BCUT2D eigenvalue weighted by atomic mass is 10.0. The predicted octanol–water partition coefficient (Wildman–Crippen LogP) is 5.81. The van der Waals surface area contributed by atoms with E-state index in [4.69, 9.17) is 27.9 Å². The molecular weight excluding hydrogens is 527 g/mol. The highest BCUT2D eigenvalue weighted by molar-refractivity contribution is 6.31. The number of hydrogen-bond donors (Lipinski definition) is 2. The number of anilines is 1. The van der Waals surface area contributed by atoms with E-state index in [1.54, 1.807) is 13.1 Å². The Labute approximate surface area is 224 Å². The molecule has 1 unspecified atom stereocenters. The van der Waals surface area contributed by atoms with Gasteiger partial charge in [0.05, 0.1) is 16.1 Å². The summed E-state index contributed by atoms with van der Waals surface area (Å²) in [6, 6.07) is 7.16. The number of hydrogen-bond acceptors (Lipinski definition) is 5. The minimum atomic E-state index is -0.697. The number of carbonyl (C=O) groups is 2. The van der Waals surface area contributed by atoms with Crippen LogP contribution < -0.4 is 5.32 Å². The molecule has 0 fully saturated rings. The van der Waals surface area contributed by atoms with Crippen LogP contribution in [0.1, 0.15) is 60.4 Å². The smallest absolute Gasteiger partial charge is 0.293 e. The molecule has 0 aliphatic carbocycles. The Morgan fingerprint density at radius 3 is 2.59 bits per heavy atom. The number of aromatic amines is 1. The summed E-state index contributed by atoms with van der Waals surface area (Å²) in [5.74, 6) is -1.19. The first-order valence-electron chi connectivity index (χ1n) is 11.6. The van der Waals surface area contributed by atoms with Crippen LogP contribution in [0.25, 0.3) is 0 Å². The third-order valence-electron chi connectivity index (χ3n) is 5.34. The van der Waals surface area contributed by atoms with Crippen molar-refractivity contribution in [1.82, 2.24) is 20.1 Å². The Bertz CT molecular complexity index is 1210. The maximum absolute atomic E-state index is 14.7. The Balaban J connectivity index is 0.00000235. The van der Waals surface area contributed by atoms with Crippen molar-refractivity contribution in [3.63, 3.8) is 0 Å². The van der Waals surface area contributed by atoms with E-state index in [1.165, 1.54) is 36.3 Å². The zero-order chi connectivity index (χ0) is 27.5. The average molecular weight is 556 g/mol. The number of halogens is 4. The largest absolute Gasteiger partial charge is 0.377 e. The monoisotopic (exact) mass is 555 g/mol. The number of nitrogens with one attached hydrogen (secondary N) is 2. The fourth-order valence-corrected chi connectivity index (χ4v) is 3.92. The van der Waals surface area contributed by atoms with Crippen LogP contribution in [0.5, 0.6) is 0 Å². The molecule has 12 heteroatoms. The summed E-state index contributed by atoms with van der Waals surface area (Å²) < 4.78 is 33.5. The van der Waals surface area contributed by atoms with E-state index in [0.29, 0.717) is 43.6 Å². The number of H-pyrrole nitrogens is 1. The van der Waals surface area contributed by atoms with Gasteiger partial charge in [-0.2, -0.15) is 0 Å². The molecule has 3 rings (SSSR count). The number of methoxy groups -OCH3 is 1. The second-order valence-electron chi connectivity index (χ2n) is 7.71. The van der Waals surface area contributed by atoms with E-state index in [-0.39, 0.29) is 27.1 Å². The number of rotatable bonds is 11. The number of amides is 2. The lowest BCUT2D eigenvalue weighted by Crippen LogP contribution is -2.29. The molecule has 2 aromatic carbocycles. The van der Waals surface area contributed by atoms with Crippen LogP contribution in [0.3, 0.4) is 0 Å². The highest BCUT2D eigenvalue weighted by Crippen LogP contribution is 2.34. The minimum absolute atomic E-state index is 0.000808. The summed E-state index contributed by atoms with van der Waals surface area (Å²) in [5.41, 5.74) is 1.11. The molecule has 37 heavy (non-hydrogen) atoms. The quantitative estimate of drug-likeness (QED) is 0.290. The predicted molar refractivity (Wildman–Crippen MR) is 139 cm³/mol. The number of aromatic nitrogens is 3. The van der Waals surface area contributed by atoms with Gasteiger partial charge in [-0.3, -0.25) is 14.7 Å². The molecule has 0 saturated carbocycles. The van der Waals surface area contributed by atoms with Crippen molar-refractivity contribution in [2.24, 2.45) is 0 Å². The number of ether oxygens (including phenoxy) is 1. The second kappa shape index (κ2) is 14.6. The van der Waals surface area contributed by atoms with Crippen LogP contribution in [0.15, 0.2) is 30.3 Å². The first-order valence-corrected chi connectivity index (χ1v) is 12.3. The van der Waals surface area contributed by atoms with Gasteiger partial charge in [0.2, 0.25) is 12.2 Å². The molecule has 1 heterocycles. The van der Waals surface area contributed by atoms with Crippen LogP contribution >= 0.6 is 23.2 Å². The van der Waals surface area contributed by atoms with Gasteiger partial charge in [-0.15, -0.1) is 5.10 Å². The van der Waals surface area contributed by atoms with Crippen molar-refractivity contribution in [1.29, 1.82) is 0 Å². The molecule has 0 radical (unpaired) electrons. The molecule has 0 aliphatic rings. The maximum atomic E-state index is 14.7. The topological polar surface area (TPSA) is 100 Å². The molecule has 3 aromatic rings. The normalized spacial score (nSPS) is 11.4. The number of benzene rings is 2. The van der Waals surface area contributed by atoms with Crippen molar-refractivity contribution < 1.29 is 23.1 Å². The summed E-state index contributed by atoms with van der Waals surface area (Å²) in [4.78, 5) is 29.3. The lowest BCUT2D eigenvalue weighted by molar-refractivity contribution is -0.105. The summed E-state index contributed by atoms with van der Waals surface area (Å²) in [5, 5.41) is 9.04. The minimum Gasteiger partial charge on any atom is -0.377 e. The van der Waals surface area contributed by atoms with Crippen molar-refractivity contribution in [2.45, 2.75) is 39.2 Å². The molecular formula is C25H29Cl2F2N5O3. The zero-order valence-electron chi connectivity index (χ0n) is 20.9. The van der Waals surface area contributed by atoms with Gasteiger partial charge in [0.15, 0.2) is 0 Å². The molecule has 1 atom stereocenters. The first-order chi connectivity index (χ1) is 17.7. The van der Waals surface area contributed by atoms with E-state index >= 15 is 0 Å². The molecule has 0 aliphatic heterocycles. The Morgan fingerprint density at radius 1 is 1.22 bits per heavy atom. The van der Waals surface area contributed by atoms with Crippen LogP contribution in [-0.4, -0.2) is 53.1 Å². The van der Waals surface area contributed by atoms with E-state index in [0.717, 1.165) is 0 Å². The summed E-state index contributed by atoms with van der Waals surface area (Å²) >= 11 is 11.7. The van der Waals surface area contributed by atoms with Crippen molar-refractivity contribution >= 4 is 41.2 Å². The van der Waals surface area contributed by atoms with Gasteiger partial charge in [-0.05, 0) is 42.7 Å². The molecule has 2 amide bonds. The summed E-state index contributed by atoms with van der Waals surface area (Å²) in [6.45, 7) is 4.31. The average Bonchev–Trinajstić information content (AvgIpc) is 3.36. The summed E-state index contributed by atoms with van der Waals surface area (Å²) in [6.07, 6.45) is 0.850.